The summed E-state index contributed by atoms with van der Waals surface area (Å²) in [5.41, 5.74) is 1.10. The fourth-order valence-corrected chi connectivity index (χ4v) is 2.40. The third-order valence-corrected chi connectivity index (χ3v) is 3.30. The minimum absolute atomic E-state index is 0.316. The molecule has 0 unspecified atom stereocenters. The molecule has 0 amide bonds. The van der Waals surface area contributed by atoms with E-state index in [1.807, 2.05) is 22.6 Å². The Morgan fingerprint density at radius 2 is 2.12 bits per heavy atom. The van der Waals surface area contributed by atoms with Gasteiger partial charge in [-0.3, -0.25) is 0 Å². The molecule has 0 saturated carbocycles. The van der Waals surface area contributed by atoms with E-state index in [2.05, 4.69) is 16.8 Å². The minimum Gasteiger partial charge on any atom is -0.243 e. The number of rotatable bonds is 1. The summed E-state index contributed by atoms with van der Waals surface area (Å²) >= 11 is 3.25. The number of hydrogen-bond acceptors (Lipinski definition) is 2. The molecule has 0 spiro atoms. The molecule has 17 heavy (non-hydrogen) atoms. The van der Waals surface area contributed by atoms with Crippen molar-refractivity contribution in [1.82, 2.24) is 4.98 Å². The van der Waals surface area contributed by atoms with Crippen molar-refractivity contribution < 1.29 is 8.78 Å². The van der Waals surface area contributed by atoms with Gasteiger partial charge in [-0.25, -0.2) is 13.8 Å². The summed E-state index contributed by atoms with van der Waals surface area (Å²) in [4.78, 5) is 3.96. The van der Waals surface area contributed by atoms with Crippen LogP contribution in [-0.4, -0.2) is 4.98 Å². The highest BCUT2D eigenvalue weighted by atomic mass is 127. The fourth-order valence-electron chi connectivity index (χ4n) is 1.19. The van der Waals surface area contributed by atoms with Crippen LogP contribution in [0.4, 0.5) is 8.78 Å². The van der Waals surface area contributed by atoms with Crippen LogP contribution in [0.25, 0.3) is 0 Å². The van der Waals surface area contributed by atoms with Crippen molar-refractivity contribution in [1.29, 1.82) is 0 Å². The average molecular weight is 361 g/mol. The second-order valence-electron chi connectivity index (χ2n) is 3.17. The number of nitrogens with zero attached hydrogens (tertiary/aromatic N) is 1. The molecule has 0 fully saturated rings. The quantitative estimate of drug-likeness (QED) is 0.557. The lowest BCUT2D eigenvalue weighted by molar-refractivity contribution is 0.483. The summed E-state index contributed by atoms with van der Waals surface area (Å²) in [6.07, 6.45) is 0. The van der Waals surface area contributed by atoms with E-state index in [0.717, 1.165) is 3.57 Å². The van der Waals surface area contributed by atoms with Gasteiger partial charge >= 0.3 is 0 Å². The lowest BCUT2D eigenvalue weighted by Gasteiger charge is -1.93. The summed E-state index contributed by atoms with van der Waals surface area (Å²) < 4.78 is 26.1. The first-order valence-corrected chi connectivity index (χ1v) is 6.61. The molecule has 2 rings (SSSR count). The van der Waals surface area contributed by atoms with Crippen LogP contribution < -0.4 is 0 Å². The largest absolute Gasteiger partial charge is 0.243 e. The van der Waals surface area contributed by atoms with Gasteiger partial charge in [0.2, 0.25) is 0 Å². The van der Waals surface area contributed by atoms with Crippen LogP contribution in [-0.2, 0) is 6.67 Å². The highest BCUT2D eigenvalue weighted by molar-refractivity contribution is 14.1. The molecule has 5 heteroatoms. The van der Waals surface area contributed by atoms with E-state index in [-0.39, 0.29) is 5.82 Å². The molecule has 0 aliphatic carbocycles. The van der Waals surface area contributed by atoms with Crippen molar-refractivity contribution in [3.63, 3.8) is 0 Å². The first-order valence-electron chi connectivity index (χ1n) is 4.66. The maximum absolute atomic E-state index is 13.1. The molecule has 86 valence electrons. The Labute approximate surface area is 115 Å². The van der Waals surface area contributed by atoms with Crippen molar-refractivity contribution >= 4 is 33.9 Å². The molecule has 1 heterocycles. The highest BCUT2D eigenvalue weighted by Crippen LogP contribution is 2.12. The van der Waals surface area contributed by atoms with Crippen LogP contribution in [0.3, 0.4) is 0 Å². The van der Waals surface area contributed by atoms with Gasteiger partial charge < -0.3 is 0 Å². The molecule has 0 saturated heterocycles. The van der Waals surface area contributed by atoms with Gasteiger partial charge in [-0.2, -0.15) is 0 Å². The third kappa shape index (κ3) is 3.48. The van der Waals surface area contributed by atoms with Crippen molar-refractivity contribution in [2.24, 2.45) is 0 Å². The summed E-state index contributed by atoms with van der Waals surface area (Å²) in [5, 5.41) is 2.09. The molecule has 1 aromatic carbocycles. The number of thiazole rings is 1. The Balaban J connectivity index is 2.26. The zero-order valence-electron chi connectivity index (χ0n) is 8.51. The molecule has 1 nitrogen and oxygen atoms in total. The van der Waals surface area contributed by atoms with E-state index >= 15 is 0 Å². The van der Waals surface area contributed by atoms with E-state index < -0.39 is 6.67 Å². The van der Waals surface area contributed by atoms with Crippen LogP contribution >= 0.6 is 33.9 Å². The van der Waals surface area contributed by atoms with Crippen LogP contribution in [0.15, 0.2) is 23.6 Å². The maximum atomic E-state index is 13.1. The zero-order chi connectivity index (χ0) is 12.3. The molecule has 0 aliphatic rings. The van der Waals surface area contributed by atoms with Crippen LogP contribution in [0, 0.1) is 21.2 Å². The summed E-state index contributed by atoms with van der Waals surface area (Å²) in [6.45, 7) is -0.579. The SMILES string of the molecule is FCc1nc(C#Cc2cc(F)cc(I)c2)cs1. The van der Waals surface area contributed by atoms with Gasteiger partial charge in [-0.15, -0.1) is 11.3 Å². The summed E-state index contributed by atoms with van der Waals surface area (Å²) in [6, 6.07) is 4.56. The van der Waals surface area contributed by atoms with E-state index in [1.165, 1.54) is 23.5 Å². The highest BCUT2D eigenvalue weighted by Gasteiger charge is 1.99. The van der Waals surface area contributed by atoms with Crippen LogP contribution in [0.5, 0.6) is 0 Å². The van der Waals surface area contributed by atoms with Gasteiger partial charge in [-0.1, -0.05) is 5.92 Å². The Kier molecular flexibility index (Phi) is 4.07. The van der Waals surface area contributed by atoms with Crippen molar-refractivity contribution in [3.05, 3.63) is 49.2 Å². The fraction of sp³-hybridized carbons (Fsp3) is 0.0833. The predicted molar refractivity (Wildman–Crippen MR) is 72.0 cm³/mol. The van der Waals surface area contributed by atoms with Crippen molar-refractivity contribution in [2.45, 2.75) is 6.67 Å². The van der Waals surface area contributed by atoms with Gasteiger partial charge in [0.1, 0.15) is 23.2 Å². The second kappa shape index (κ2) is 5.56. The second-order valence-corrected chi connectivity index (χ2v) is 5.36. The number of hydrogen-bond donors (Lipinski definition) is 0. The van der Waals surface area contributed by atoms with Gasteiger partial charge in [-0.05, 0) is 46.7 Å². The van der Waals surface area contributed by atoms with E-state index in [1.54, 1.807) is 11.4 Å². The van der Waals surface area contributed by atoms with Crippen LogP contribution in [0.2, 0.25) is 0 Å². The lowest BCUT2D eigenvalue weighted by atomic mass is 10.2. The first kappa shape index (κ1) is 12.5. The smallest absolute Gasteiger partial charge is 0.141 e. The molecule has 0 aliphatic heterocycles. The molecule has 0 bridgehead atoms. The number of benzene rings is 1. The summed E-state index contributed by atoms with van der Waals surface area (Å²) in [5.74, 6) is 5.27. The molecular weight excluding hydrogens is 355 g/mol. The van der Waals surface area contributed by atoms with E-state index in [4.69, 9.17) is 0 Å². The number of aromatic nitrogens is 1. The topological polar surface area (TPSA) is 12.9 Å². The van der Waals surface area contributed by atoms with E-state index in [9.17, 15) is 8.78 Å². The molecule has 0 radical (unpaired) electrons. The van der Waals surface area contributed by atoms with Crippen molar-refractivity contribution in [3.8, 4) is 11.8 Å². The minimum atomic E-state index is -0.579. The number of halogens is 3. The van der Waals surface area contributed by atoms with Gasteiger partial charge in [0, 0.05) is 14.5 Å². The average Bonchev–Trinajstić information content (AvgIpc) is 2.73. The van der Waals surface area contributed by atoms with Gasteiger partial charge in [0.15, 0.2) is 0 Å². The molecular formula is C12H6F2INS. The first-order chi connectivity index (χ1) is 8.17. The molecule has 0 atom stereocenters. The molecule has 2 aromatic rings. The molecule has 1 aromatic heterocycles. The standard InChI is InChI=1S/C12H6F2INS/c13-6-12-16-11(7-17-12)2-1-8-3-9(14)5-10(15)4-8/h3-5,7H,6H2. The Morgan fingerprint density at radius 3 is 2.76 bits per heavy atom. The predicted octanol–water partition coefficient (Wildman–Crippen LogP) is 3.76. The lowest BCUT2D eigenvalue weighted by Crippen LogP contribution is -1.82. The Bertz CT molecular complexity index is 578. The van der Waals surface area contributed by atoms with Gasteiger partial charge in [0.25, 0.3) is 0 Å². The maximum Gasteiger partial charge on any atom is 0.141 e. The summed E-state index contributed by atoms with van der Waals surface area (Å²) in [7, 11) is 0. The van der Waals surface area contributed by atoms with E-state index in [0.29, 0.717) is 16.3 Å². The molecule has 0 N–H and O–H groups in total. The normalized spacial score (nSPS) is 9.82. The Hall–Kier alpha value is -1.000. The van der Waals surface area contributed by atoms with Crippen molar-refractivity contribution in [2.75, 3.05) is 0 Å². The monoisotopic (exact) mass is 361 g/mol. The number of alkyl halides is 1. The van der Waals surface area contributed by atoms with Gasteiger partial charge in [0.05, 0.1) is 0 Å². The third-order valence-electron chi connectivity index (χ3n) is 1.86. The zero-order valence-corrected chi connectivity index (χ0v) is 11.5. The Morgan fingerprint density at radius 1 is 1.29 bits per heavy atom. The van der Waals surface area contributed by atoms with Crippen LogP contribution in [0.1, 0.15) is 16.3 Å².